The van der Waals surface area contributed by atoms with E-state index in [1.165, 1.54) is 12.8 Å². The molecule has 156 valence electrons. The van der Waals surface area contributed by atoms with Crippen LogP contribution in [-0.2, 0) is 6.54 Å². The van der Waals surface area contributed by atoms with E-state index in [1.54, 1.807) is 0 Å². The van der Waals surface area contributed by atoms with Crippen molar-refractivity contribution in [1.29, 1.82) is 0 Å². The molecule has 29 heavy (non-hydrogen) atoms. The highest BCUT2D eigenvalue weighted by molar-refractivity contribution is 6.35. The monoisotopic (exact) mass is 433 g/mol. The summed E-state index contributed by atoms with van der Waals surface area (Å²) < 4.78 is 1.82. The van der Waals surface area contributed by atoms with E-state index in [-0.39, 0.29) is 22.8 Å². The second kappa shape index (κ2) is 7.02. The topological polar surface area (TPSA) is 46.9 Å². The summed E-state index contributed by atoms with van der Waals surface area (Å²) in [4.78, 5) is 13.3. The van der Waals surface area contributed by atoms with Crippen molar-refractivity contribution in [2.45, 2.75) is 66.5 Å². The molecule has 2 fully saturated rings. The summed E-state index contributed by atoms with van der Waals surface area (Å²) in [6.45, 7) is 11.3. The maximum Gasteiger partial charge on any atom is 0.255 e. The molecule has 6 heteroatoms. The summed E-state index contributed by atoms with van der Waals surface area (Å²) in [5.41, 5.74) is 3.46. The number of nitrogens with one attached hydrogen (secondary N) is 1. The third kappa shape index (κ3) is 3.11. The lowest BCUT2D eigenvalue weighted by atomic mass is 9.69. The van der Waals surface area contributed by atoms with Crippen molar-refractivity contribution in [3.8, 4) is 0 Å². The number of aromatic nitrogens is 2. The van der Waals surface area contributed by atoms with Crippen LogP contribution in [0.3, 0.4) is 0 Å². The molecule has 2 aliphatic carbocycles. The smallest absolute Gasteiger partial charge is 0.255 e. The summed E-state index contributed by atoms with van der Waals surface area (Å²) in [7, 11) is 0. The van der Waals surface area contributed by atoms with Crippen molar-refractivity contribution in [3.05, 3.63) is 50.8 Å². The Morgan fingerprint density at radius 3 is 2.45 bits per heavy atom. The van der Waals surface area contributed by atoms with Gasteiger partial charge in [0, 0.05) is 27.3 Å². The van der Waals surface area contributed by atoms with E-state index in [9.17, 15) is 4.79 Å². The third-order valence-corrected chi connectivity index (χ3v) is 8.79. The lowest BCUT2D eigenvalue weighted by molar-refractivity contribution is 0.0825. The van der Waals surface area contributed by atoms with E-state index in [4.69, 9.17) is 23.2 Å². The SMILES string of the molecule is Cc1nn(Cc2c(Cl)cccc2Cl)c(C)c1C(=O)N[C@H]1C[C@@H]2CC[C@@]1(C)C2(C)C. The second-order valence-corrected chi connectivity index (χ2v) is 10.4. The van der Waals surface area contributed by atoms with E-state index < -0.39 is 0 Å². The number of aryl methyl sites for hydroxylation is 1. The third-order valence-electron chi connectivity index (χ3n) is 8.08. The molecule has 0 aliphatic heterocycles. The van der Waals surface area contributed by atoms with Crippen LogP contribution < -0.4 is 5.32 Å². The first-order valence-electron chi connectivity index (χ1n) is 10.3. The van der Waals surface area contributed by atoms with Crippen molar-refractivity contribution in [1.82, 2.24) is 15.1 Å². The number of carbonyl (C=O) groups excluding carboxylic acids is 1. The molecule has 0 spiro atoms. The largest absolute Gasteiger partial charge is 0.349 e. The van der Waals surface area contributed by atoms with Crippen LogP contribution in [0.4, 0.5) is 0 Å². The van der Waals surface area contributed by atoms with Crippen LogP contribution in [0.15, 0.2) is 18.2 Å². The van der Waals surface area contributed by atoms with Crippen molar-refractivity contribution in [3.63, 3.8) is 0 Å². The Labute approximate surface area is 183 Å². The maximum absolute atomic E-state index is 13.3. The van der Waals surface area contributed by atoms with Gasteiger partial charge in [0.15, 0.2) is 0 Å². The zero-order valence-corrected chi connectivity index (χ0v) is 19.3. The first-order chi connectivity index (χ1) is 13.6. The van der Waals surface area contributed by atoms with E-state index >= 15 is 0 Å². The minimum atomic E-state index is -0.0221. The Bertz CT molecular complexity index is 960. The summed E-state index contributed by atoms with van der Waals surface area (Å²) in [6.07, 6.45) is 3.51. The van der Waals surface area contributed by atoms with E-state index in [2.05, 4.69) is 31.2 Å². The Balaban J connectivity index is 1.58. The molecule has 2 saturated carbocycles. The van der Waals surface area contributed by atoms with Gasteiger partial charge in [-0.25, -0.2) is 0 Å². The molecule has 2 aliphatic rings. The molecule has 0 saturated heterocycles. The highest BCUT2D eigenvalue weighted by Crippen LogP contribution is 2.65. The molecule has 2 aromatic rings. The predicted octanol–water partition coefficient (Wildman–Crippen LogP) is 5.80. The van der Waals surface area contributed by atoms with Crippen LogP contribution in [0.2, 0.25) is 10.0 Å². The minimum absolute atomic E-state index is 0.0221. The molecule has 1 aromatic carbocycles. The Hall–Kier alpha value is -1.52. The normalized spacial score (nSPS) is 27.4. The zero-order chi connectivity index (χ0) is 21.1. The van der Waals surface area contributed by atoms with Gasteiger partial charge in [0.25, 0.3) is 5.91 Å². The van der Waals surface area contributed by atoms with Gasteiger partial charge in [-0.3, -0.25) is 9.48 Å². The fraction of sp³-hybridized carbons (Fsp3) is 0.565. The van der Waals surface area contributed by atoms with Crippen molar-refractivity contribution >= 4 is 29.1 Å². The van der Waals surface area contributed by atoms with Crippen LogP contribution in [0.5, 0.6) is 0 Å². The van der Waals surface area contributed by atoms with Gasteiger partial charge in [0.05, 0.1) is 17.8 Å². The zero-order valence-electron chi connectivity index (χ0n) is 17.8. The van der Waals surface area contributed by atoms with E-state index in [1.807, 2.05) is 36.7 Å². The molecule has 1 N–H and O–H groups in total. The molecule has 4 rings (SSSR count). The van der Waals surface area contributed by atoms with Crippen LogP contribution in [-0.4, -0.2) is 21.7 Å². The number of benzene rings is 1. The van der Waals surface area contributed by atoms with Crippen LogP contribution in [0, 0.1) is 30.6 Å². The summed E-state index contributed by atoms with van der Waals surface area (Å²) in [5.74, 6) is 0.663. The molecular weight excluding hydrogens is 405 g/mol. The minimum Gasteiger partial charge on any atom is -0.349 e. The van der Waals surface area contributed by atoms with Crippen molar-refractivity contribution < 1.29 is 4.79 Å². The van der Waals surface area contributed by atoms with Crippen molar-refractivity contribution in [2.24, 2.45) is 16.7 Å². The van der Waals surface area contributed by atoms with Gasteiger partial charge >= 0.3 is 0 Å². The van der Waals surface area contributed by atoms with Crippen LogP contribution >= 0.6 is 23.2 Å². The molecule has 1 amide bonds. The number of rotatable bonds is 4. The Morgan fingerprint density at radius 2 is 1.90 bits per heavy atom. The molecule has 2 bridgehead atoms. The average molecular weight is 434 g/mol. The Kier molecular flexibility index (Phi) is 5.02. The van der Waals surface area contributed by atoms with Crippen LogP contribution in [0.1, 0.15) is 67.3 Å². The first-order valence-corrected chi connectivity index (χ1v) is 11.1. The van der Waals surface area contributed by atoms with Crippen molar-refractivity contribution in [2.75, 3.05) is 0 Å². The molecule has 0 unspecified atom stereocenters. The molecule has 1 heterocycles. The van der Waals surface area contributed by atoms with Gasteiger partial charge in [-0.05, 0) is 62.0 Å². The maximum atomic E-state index is 13.3. The quantitative estimate of drug-likeness (QED) is 0.661. The second-order valence-electron chi connectivity index (χ2n) is 9.54. The lowest BCUT2D eigenvalue weighted by Gasteiger charge is -2.39. The highest BCUT2D eigenvalue weighted by atomic mass is 35.5. The van der Waals surface area contributed by atoms with Gasteiger partial charge < -0.3 is 5.32 Å². The van der Waals surface area contributed by atoms with Gasteiger partial charge in [0.2, 0.25) is 0 Å². The summed E-state index contributed by atoms with van der Waals surface area (Å²) in [6, 6.07) is 5.68. The fourth-order valence-corrected chi connectivity index (χ4v) is 6.18. The number of amides is 1. The highest BCUT2D eigenvalue weighted by Gasteiger charge is 2.61. The summed E-state index contributed by atoms with van der Waals surface area (Å²) >= 11 is 12.7. The average Bonchev–Trinajstić information content (AvgIpc) is 3.11. The molecular formula is C23H29Cl2N3O. The Morgan fingerprint density at radius 1 is 1.24 bits per heavy atom. The standard InChI is InChI=1S/C23H29Cl2N3O/c1-13-20(14(2)28(27-13)12-16-17(24)7-6-8-18(16)25)21(29)26-19-11-15-9-10-23(19,5)22(15,3)4/h6-8,15,19H,9-12H2,1-5H3,(H,26,29)/t15-,19-,23+/m0/s1. The fourth-order valence-electron chi connectivity index (χ4n) is 5.67. The number of hydrogen-bond donors (Lipinski definition) is 1. The van der Waals surface area contributed by atoms with Gasteiger partial charge in [0.1, 0.15) is 0 Å². The molecule has 0 radical (unpaired) electrons. The number of fused-ring (bicyclic) bond motifs is 2. The van der Waals surface area contributed by atoms with E-state index in [0.29, 0.717) is 28.1 Å². The van der Waals surface area contributed by atoms with Gasteiger partial charge in [-0.1, -0.05) is 50.0 Å². The predicted molar refractivity (Wildman–Crippen MR) is 118 cm³/mol. The molecule has 1 aromatic heterocycles. The molecule has 4 nitrogen and oxygen atoms in total. The number of hydrogen-bond acceptors (Lipinski definition) is 2. The number of carbonyl (C=O) groups is 1. The van der Waals surface area contributed by atoms with Gasteiger partial charge in [-0.15, -0.1) is 0 Å². The van der Waals surface area contributed by atoms with E-state index in [0.717, 1.165) is 23.4 Å². The number of nitrogens with zero attached hydrogens (tertiary/aromatic N) is 2. The first kappa shape index (κ1) is 20.7. The number of halogens is 2. The molecule has 3 atom stereocenters. The summed E-state index contributed by atoms with van der Waals surface area (Å²) in [5, 5.41) is 9.19. The lowest BCUT2D eigenvalue weighted by Crippen LogP contribution is -2.47. The van der Waals surface area contributed by atoms with Crippen LogP contribution in [0.25, 0.3) is 0 Å². The van der Waals surface area contributed by atoms with Gasteiger partial charge in [-0.2, -0.15) is 5.10 Å².